The van der Waals surface area contributed by atoms with Crippen LogP contribution in [0.5, 0.6) is 0 Å². The molecule has 0 fully saturated rings. The summed E-state index contributed by atoms with van der Waals surface area (Å²) in [4.78, 5) is 7.53. The number of aliphatic imine (C=N–C) groups is 1. The second kappa shape index (κ2) is 7.55. The highest BCUT2D eigenvalue weighted by Gasteiger charge is 2.03. The zero-order valence-corrected chi connectivity index (χ0v) is 11.8. The number of hydrogen-bond acceptors (Lipinski definition) is 2. The molecule has 5 nitrogen and oxygen atoms in total. The summed E-state index contributed by atoms with van der Waals surface area (Å²) in [5.74, 6) is 0.751. The number of aromatic nitrogens is 1. The van der Waals surface area contributed by atoms with Gasteiger partial charge in [-0.05, 0) is 25.0 Å². The number of aromatic amines is 1. The lowest BCUT2D eigenvalue weighted by Gasteiger charge is -2.10. The second-order valence-corrected chi connectivity index (χ2v) is 4.52. The Morgan fingerprint density at radius 2 is 2.15 bits per heavy atom. The van der Waals surface area contributed by atoms with Crippen LogP contribution in [0.3, 0.4) is 0 Å². The molecule has 1 aromatic heterocycles. The van der Waals surface area contributed by atoms with E-state index >= 15 is 0 Å². The van der Waals surface area contributed by atoms with Crippen molar-refractivity contribution >= 4 is 16.9 Å². The first-order valence-electron chi connectivity index (χ1n) is 7.03. The summed E-state index contributed by atoms with van der Waals surface area (Å²) >= 11 is 0. The summed E-state index contributed by atoms with van der Waals surface area (Å²) in [6, 6.07) is 8.30. The number of nitrogens with zero attached hydrogens (tertiary/aromatic N) is 1. The van der Waals surface area contributed by atoms with Gasteiger partial charge in [0.2, 0.25) is 0 Å². The van der Waals surface area contributed by atoms with Crippen LogP contribution < -0.4 is 10.6 Å². The molecule has 4 N–H and O–H groups in total. The second-order valence-electron chi connectivity index (χ2n) is 4.52. The predicted molar refractivity (Wildman–Crippen MR) is 83.1 cm³/mol. The van der Waals surface area contributed by atoms with Crippen molar-refractivity contribution in [2.24, 2.45) is 4.99 Å². The molecular weight excluding hydrogens is 252 g/mol. The maximum Gasteiger partial charge on any atom is 0.191 e. The largest absolute Gasteiger partial charge is 0.394 e. The Bertz CT molecular complexity index is 562. The first-order valence-corrected chi connectivity index (χ1v) is 7.03. The minimum Gasteiger partial charge on any atom is -0.394 e. The molecule has 2 aromatic rings. The number of fused-ring (bicyclic) bond motifs is 1. The van der Waals surface area contributed by atoms with Crippen molar-refractivity contribution in [1.29, 1.82) is 0 Å². The molecule has 1 aromatic carbocycles. The maximum absolute atomic E-state index is 8.81. The topological polar surface area (TPSA) is 72.4 Å². The van der Waals surface area contributed by atoms with Crippen molar-refractivity contribution in [3.63, 3.8) is 0 Å². The zero-order chi connectivity index (χ0) is 14.2. The van der Waals surface area contributed by atoms with Gasteiger partial charge in [0.15, 0.2) is 5.96 Å². The number of H-pyrrole nitrogens is 1. The van der Waals surface area contributed by atoms with Crippen LogP contribution in [0.1, 0.15) is 12.5 Å². The maximum atomic E-state index is 8.81. The van der Waals surface area contributed by atoms with Gasteiger partial charge in [-0.2, -0.15) is 0 Å². The first-order chi connectivity index (χ1) is 9.85. The lowest BCUT2D eigenvalue weighted by Crippen LogP contribution is -2.38. The fourth-order valence-corrected chi connectivity index (χ4v) is 2.16. The van der Waals surface area contributed by atoms with Gasteiger partial charge in [0.05, 0.1) is 13.2 Å². The number of hydrogen-bond donors (Lipinski definition) is 4. The van der Waals surface area contributed by atoms with Crippen LogP contribution in [0.25, 0.3) is 10.9 Å². The highest BCUT2D eigenvalue weighted by molar-refractivity contribution is 5.83. The van der Waals surface area contributed by atoms with E-state index in [1.165, 1.54) is 16.5 Å². The molecule has 2 rings (SSSR count). The van der Waals surface area contributed by atoms with Crippen LogP contribution in [0, 0.1) is 0 Å². The SMILES string of the molecule is CCNC(=NCCO)NCCc1c[nH]c2ccccc12. The molecule has 108 valence electrons. The molecule has 0 bridgehead atoms. The van der Waals surface area contributed by atoms with E-state index in [0.717, 1.165) is 25.5 Å². The molecule has 5 heteroatoms. The highest BCUT2D eigenvalue weighted by Crippen LogP contribution is 2.17. The number of rotatable bonds is 6. The fraction of sp³-hybridized carbons (Fsp3) is 0.400. The van der Waals surface area contributed by atoms with Crippen molar-refractivity contribution in [2.75, 3.05) is 26.2 Å². The molecular formula is C15H22N4O. The quantitative estimate of drug-likeness (QED) is 0.473. The molecule has 0 atom stereocenters. The Morgan fingerprint density at radius 3 is 2.95 bits per heavy atom. The summed E-state index contributed by atoms with van der Waals surface area (Å²) in [6.07, 6.45) is 2.98. The molecule has 0 saturated heterocycles. The molecule has 0 radical (unpaired) electrons. The van der Waals surface area contributed by atoms with Gasteiger partial charge in [-0.15, -0.1) is 0 Å². The van der Waals surface area contributed by atoms with Crippen molar-refractivity contribution in [2.45, 2.75) is 13.3 Å². The smallest absolute Gasteiger partial charge is 0.191 e. The minimum atomic E-state index is 0.0685. The number of benzene rings is 1. The van der Waals surface area contributed by atoms with Gasteiger partial charge in [-0.25, -0.2) is 0 Å². The molecule has 0 aliphatic rings. The average molecular weight is 274 g/mol. The van der Waals surface area contributed by atoms with Crippen LogP contribution in [-0.2, 0) is 6.42 Å². The van der Waals surface area contributed by atoms with Gasteiger partial charge in [-0.3, -0.25) is 4.99 Å². The van der Waals surface area contributed by atoms with Crippen LogP contribution >= 0.6 is 0 Å². The van der Waals surface area contributed by atoms with E-state index < -0.39 is 0 Å². The molecule has 0 aliphatic carbocycles. The lowest BCUT2D eigenvalue weighted by atomic mass is 10.1. The number of aliphatic hydroxyl groups is 1. The van der Waals surface area contributed by atoms with Crippen LogP contribution in [0.15, 0.2) is 35.5 Å². The normalized spacial score (nSPS) is 11.8. The van der Waals surface area contributed by atoms with Crippen LogP contribution in [-0.4, -0.2) is 42.3 Å². The summed E-state index contributed by atoms with van der Waals surface area (Å²) in [7, 11) is 0. The fourth-order valence-electron chi connectivity index (χ4n) is 2.16. The predicted octanol–water partition coefficient (Wildman–Crippen LogP) is 1.26. The molecule has 0 amide bonds. The van der Waals surface area contributed by atoms with E-state index in [4.69, 9.17) is 5.11 Å². The van der Waals surface area contributed by atoms with E-state index in [0.29, 0.717) is 6.54 Å². The molecule has 0 spiro atoms. The summed E-state index contributed by atoms with van der Waals surface area (Å²) < 4.78 is 0. The van der Waals surface area contributed by atoms with Crippen LogP contribution in [0.4, 0.5) is 0 Å². The third-order valence-corrected chi connectivity index (χ3v) is 3.08. The van der Waals surface area contributed by atoms with Crippen molar-refractivity contribution in [3.05, 3.63) is 36.0 Å². The van der Waals surface area contributed by atoms with Gasteiger partial charge in [0, 0.05) is 30.2 Å². The summed E-state index contributed by atoms with van der Waals surface area (Å²) in [5, 5.41) is 16.5. The van der Waals surface area contributed by atoms with E-state index in [1.807, 2.05) is 13.0 Å². The Morgan fingerprint density at radius 1 is 1.30 bits per heavy atom. The number of aliphatic hydroxyl groups excluding tert-OH is 1. The van der Waals surface area contributed by atoms with E-state index in [1.54, 1.807) is 0 Å². The molecule has 0 unspecified atom stereocenters. The number of guanidine groups is 1. The first kappa shape index (κ1) is 14.4. The molecule has 0 aliphatic heterocycles. The van der Waals surface area contributed by atoms with Crippen molar-refractivity contribution in [3.8, 4) is 0 Å². The van der Waals surface area contributed by atoms with Gasteiger partial charge < -0.3 is 20.7 Å². The van der Waals surface area contributed by atoms with Gasteiger partial charge >= 0.3 is 0 Å². The molecule has 1 heterocycles. The zero-order valence-electron chi connectivity index (χ0n) is 11.8. The van der Waals surface area contributed by atoms with E-state index in [-0.39, 0.29) is 6.61 Å². The third kappa shape index (κ3) is 3.74. The third-order valence-electron chi connectivity index (χ3n) is 3.08. The Balaban J connectivity index is 1.91. The minimum absolute atomic E-state index is 0.0685. The Labute approximate surface area is 119 Å². The van der Waals surface area contributed by atoms with Crippen LogP contribution in [0.2, 0.25) is 0 Å². The van der Waals surface area contributed by atoms with E-state index in [2.05, 4.69) is 45.0 Å². The standard InChI is InChI=1S/C15H22N4O/c1-2-16-15(18-9-10-20)17-8-7-12-11-19-14-6-4-3-5-13(12)14/h3-6,11,19-20H,2,7-10H2,1H3,(H2,16,17,18). The van der Waals surface area contributed by atoms with E-state index in [9.17, 15) is 0 Å². The average Bonchev–Trinajstić information content (AvgIpc) is 2.88. The molecule has 20 heavy (non-hydrogen) atoms. The monoisotopic (exact) mass is 274 g/mol. The lowest BCUT2D eigenvalue weighted by molar-refractivity contribution is 0.306. The molecule has 0 saturated carbocycles. The summed E-state index contributed by atoms with van der Waals surface area (Å²) in [6.45, 7) is 4.13. The Hall–Kier alpha value is -2.01. The van der Waals surface area contributed by atoms with Gasteiger partial charge in [-0.1, -0.05) is 18.2 Å². The van der Waals surface area contributed by atoms with Gasteiger partial charge in [0.1, 0.15) is 0 Å². The number of nitrogens with one attached hydrogen (secondary N) is 3. The van der Waals surface area contributed by atoms with Gasteiger partial charge in [0.25, 0.3) is 0 Å². The van der Waals surface area contributed by atoms with Crippen molar-refractivity contribution in [1.82, 2.24) is 15.6 Å². The summed E-state index contributed by atoms with van der Waals surface area (Å²) in [5.41, 5.74) is 2.47. The highest BCUT2D eigenvalue weighted by atomic mass is 16.3. The van der Waals surface area contributed by atoms with Crippen molar-refractivity contribution < 1.29 is 5.11 Å². The number of para-hydroxylation sites is 1. The Kier molecular flexibility index (Phi) is 5.43.